The monoisotopic (exact) mass is 256 g/mol. The third-order valence-corrected chi connectivity index (χ3v) is 3.85. The van der Waals surface area contributed by atoms with Gasteiger partial charge in [-0.2, -0.15) is 0 Å². The van der Waals surface area contributed by atoms with Crippen molar-refractivity contribution in [3.8, 4) is 0 Å². The smallest absolute Gasteiger partial charge is 0.105 e. The van der Waals surface area contributed by atoms with E-state index < -0.39 is 0 Å². The van der Waals surface area contributed by atoms with Crippen molar-refractivity contribution in [3.63, 3.8) is 0 Å². The number of rotatable bonds is 3. The van der Waals surface area contributed by atoms with Crippen LogP contribution in [0.25, 0.3) is 0 Å². The van der Waals surface area contributed by atoms with E-state index in [2.05, 4.69) is 26.6 Å². The number of nitrogens with two attached hydrogens (primary N) is 1. The summed E-state index contributed by atoms with van der Waals surface area (Å²) in [6.45, 7) is 5.18. The molecule has 2 aromatic rings. The molecule has 0 radical (unpaired) electrons. The van der Waals surface area contributed by atoms with Gasteiger partial charge < -0.3 is 15.2 Å². The lowest BCUT2D eigenvalue weighted by Gasteiger charge is -2.31. The van der Waals surface area contributed by atoms with Gasteiger partial charge in [0.15, 0.2) is 0 Å². The molecular formula is C15H20N4. The van der Waals surface area contributed by atoms with Gasteiger partial charge in [0.25, 0.3) is 0 Å². The Bertz CT molecular complexity index is 573. The van der Waals surface area contributed by atoms with E-state index in [0.29, 0.717) is 0 Å². The predicted molar refractivity (Wildman–Crippen MR) is 78.4 cm³/mol. The molecule has 19 heavy (non-hydrogen) atoms. The van der Waals surface area contributed by atoms with Gasteiger partial charge >= 0.3 is 0 Å². The first kappa shape index (κ1) is 12.1. The van der Waals surface area contributed by atoms with Crippen molar-refractivity contribution in [1.29, 1.82) is 0 Å². The maximum Gasteiger partial charge on any atom is 0.105 e. The van der Waals surface area contributed by atoms with E-state index in [9.17, 15) is 0 Å². The Kier molecular flexibility index (Phi) is 3.15. The van der Waals surface area contributed by atoms with Crippen LogP contribution in [0.15, 0.2) is 30.6 Å². The highest BCUT2D eigenvalue weighted by molar-refractivity contribution is 5.61. The van der Waals surface area contributed by atoms with Crippen LogP contribution in [0.5, 0.6) is 0 Å². The number of aryl methyl sites for hydroxylation is 2. The SMILES string of the molecule is Cc1nccn1CCN1CCCc2cc(N)ccc21. The van der Waals surface area contributed by atoms with E-state index in [1.54, 1.807) is 0 Å². The first-order valence-electron chi connectivity index (χ1n) is 6.85. The number of benzene rings is 1. The lowest BCUT2D eigenvalue weighted by molar-refractivity contribution is 0.613. The Hall–Kier alpha value is -1.97. The van der Waals surface area contributed by atoms with Gasteiger partial charge in [0.1, 0.15) is 5.82 Å². The molecular weight excluding hydrogens is 236 g/mol. The van der Waals surface area contributed by atoms with Crippen molar-refractivity contribution >= 4 is 11.4 Å². The first-order valence-corrected chi connectivity index (χ1v) is 6.85. The molecule has 3 rings (SSSR count). The van der Waals surface area contributed by atoms with Crippen LogP contribution in [0.3, 0.4) is 0 Å². The molecule has 0 unspecified atom stereocenters. The molecule has 2 heterocycles. The number of aromatic nitrogens is 2. The van der Waals surface area contributed by atoms with Crippen LogP contribution < -0.4 is 10.6 Å². The second-order valence-corrected chi connectivity index (χ2v) is 5.15. The molecule has 0 aliphatic carbocycles. The molecule has 0 bridgehead atoms. The third-order valence-electron chi connectivity index (χ3n) is 3.85. The van der Waals surface area contributed by atoms with Gasteiger partial charge in [-0.1, -0.05) is 0 Å². The highest BCUT2D eigenvalue weighted by Gasteiger charge is 2.16. The number of fused-ring (bicyclic) bond motifs is 1. The zero-order valence-electron chi connectivity index (χ0n) is 11.3. The van der Waals surface area contributed by atoms with Crippen LogP contribution in [0, 0.1) is 6.92 Å². The van der Waals surface area contributed by atoms with Gasteiger partial charge in [0.2, 0.25) is 0 Å². The molecule has 0 fully saturated rings. The Morgan fingerprint density at radius 3 is 3.00 bits per heavy atom. The van der Waals surface area contributed by atoms with Crippen LogP contribution in [0.1, 0.15) is 17.8 Å². The average molecular weight is 256 g/mol. The molecule has 0 spiro atoms. The van der Waals surface area contributed by atoms with Crippen molar-refractivity contribution in [2.24, 2.45) is 0 Å². The highest BCUT2D eigenvalue weighted by atomic mass is 15.2. The van der Waals surface area contributed by atoms with E-state index in [0.717, 1.165) is 37.6 Å². The molecule has 1 aliphatic rings. The maximum absolute atomic E-state index is 5.87. The number of anilines is 2. The highest BCUT2D eigenvalue weighted by Crippen LogP contribution is 2.28. The molecule has 4 nitrogen and oxygen atoms in total. The summed E-state index contributed by atoms with van der Waals surface area (Å²) < 4.78 is 2.20. The molecule has 0 atom stereocenters. The van der Waals surface area contributed by atoms with Crippen molar-refractivity contribution in [2.45, 2.75) is 26.3 Å². The number of hydrogen-bond acceptors (Lipinski definition) is 3. The fourth-order valence-electron chi connectivity index (χ4n) is 2.80. The van der Waals surface area contributed by atoms with E-state index >= 15 is 0 Å². The van der Waals surface area contributed by atoms with Crippen LogP contribution in [0.4, 0.5) is 11.4 Å². The van der Waals surface area contributed by atoms with Crippen LogP contribution in [-0.4, -0.2) is 22.6 Å². The van der Waals surface area contributed by atoms with Crippen LogP contribution in [0.2, 0.25) is 0 Å². The van der Waals surface area contributed by atoms with Gasteiger partial charge in [-0.05, 0) is 43.5 Å². The van der Waals surface area contributed by atoms with Crippen LogP contribution in [-0.2, 0) is 13.0 Å². The Morgan fingerprint density at radius 1 is 1.32 bits per heavy atom. The van der Waals surface area contributed by atoms with Gasteiger partial charge in [-0.15, -0.1) is 0 Å². The number of hydrogen-bond donors (Lipinski definition) is 1. The molecule has 0 saturated carbocycles. The molecule has 0 saturated heterocycles. The zero-order valence-corrected chi connectivity index (χ0v) is 11.3. The molecule has 4 heteroatoms. The summed E-state index contributed by atoms with van der Waals surface area (Å²) in [5, 5.41) is 0. The quantitative estimate of drug-likeness (QED) is 0.857. The molecule has 1 aromatic carbocycles. The molecule has 2 N–H and O–H groups in total. The minimum atomic E-state index is 0.867. The normalized spacial score (nSPS) is 14.5. The standard InChI is InChI=1S/C15H20N4/c1-12-17-6-8-18(12)9-10-19-7-2-3-13-11-14(16)4-5-15(13)19/h4-6,8,11H,2-3,7,9-10,16H2,1H3. The van der Waals surface area contributed by atoms with Gasteiger partial charge in [0.05, 0.1) is 0 Å². The largest absolute Gasteiger partial charge is 0.399 e. The fourth-order valence-corrected chi connectivity index (χ4v) is 2.80. The van der Waals surface area contributed by atoms with Crippen molar-refractivity contribution < 1.29 is 0 Å². The minimum absolute atomic E-state index is 0.867. The van der Waals surface area contributed by atoms with Gasteiger partial charge in [-0.25, -0.2) is 4.98 Å². The second kappa shape index (κ2) is 4.96. The summed E-state index contributed by atoms with van der Waals surface area (Å²) in [4.78, 5) is 6.72. The van der Waals surface area contributed by atoms with Gasteiger partial charge in [0, 0.05) is 43.4 Å². The minimum Gasteiger partial charge on any atom is -0.399 e. The van der Waals surface area contributed by atoms with E-state index in [1.807, 2.05) is 25.4 Å². The number of nitrogen functional groups attached to an aromatic ring is 1. The summed E-state index contributed by atoms with van der Waals surface area (Å²) in [6.07, 6.45) is 6.25. The predicted octanol–water partition coefficient (Wildman–Crippen LogP) is 2.23. The Labute approximate surface area is 113 Å². The van der Waals surface area contributed by atoms with E-state index in [4.69, 9.17) is 5.73 Å². The van der Waals surface area contributed by atoms with Crippen molar-refractivity contribution in [3.05, 3.63) is 42.0 Å². The lowest BCUT2D eigenvalue weighted by atomic mass is 10.0. The number of imidazole rings is 1. The van der Waals surface area contributed by atoms with Crippen LogP contribution >= 0.6 is 0 Å². The fraction of sp³-hybridized carbons (Fsp3) is 0.400. The summed E-state index contributed by atoms with van der Waals surface area (Å²) in [6, 6.07) is 6.27. The molecule has 0 amide bonds. The summed E-state index contributed by atoms with van der Waals surface area (Å²) in [7, 11) is 0. The Balaban J connectivity index is 1.75. The van der Waals surface area contributed by atoms with E-state index in [-0.39, 0.29) is 0 Å². The summed E-state index contributed by atoms with van der Waals surface area (Å²) in [5.74, 6) is 1.08. The van der Waals surface area contributed by atoms with Gasteiger partial charge in [-0.3, -0.25) is 0 Å². The zero-order chi connectivity index (χ0) is 13.2. The lowest BCUT2D eigenvalue weighted by Crippen LogP contribution is -2.32. The third kappa shape index (κ3) is 2.43. The Morgan fingerprint density at radius 2 is 2.21 bits per heavy atom. The summed E-state index contributed by atoms with van der Waals surface area (Å²) in [5.41, 5.74) is 9.46. The summed E-state index contributed by atoms with van der Waals surface area (Å²) >= 11 is 0. The second-order valence-electron chi connectivity index (χ2n) is 5.15. The molecule has 1 aliphatic heterocycles. The first-order chi connectivity index (χ1) is 9.24. The molecule has 100 valence electrons. The topological polar surface area (TPSA) is 47.1 Å². The maximum atomic E-state index is 5.87. The number of nitrogens with zero attached hydrogens (tertiary/aromatic N) is 3. The van der Waals surface area contributed by atoms with E-state index in [1.165, 1.54) is 17.7 Å². The average Bonchev–Trinajstić information content (AvgIpc) is 2.81. The molecule has 1 aromatic heterocycles. The van der Waals surface area contributed by atoms with Crippen molar-refractivity contribution in [2.75, 3.05) is 23.7 Å². The van der Waals surface area contributed by atoms with Crippen molar-refractivity contribution in [1.82, 2.24) is 9.55 Å².